The predicted molar refractivity (Wildman–Crippen MR) is 57.2 cm³/mol. The van der Waals surface area contributed by atoms with Gasteiger partial charge in [0, 0.05) is 5.71 Å². The molecule has 0 bridgehead atoms. The lowest BCUT2D eigenvalue weighted by molar-refractivity contribution is 0.474. The molecule has 0 aromatic heterocycles. The Kier molecular flexibility index (Phi) is 2.08. The van der Waals surface area contributed by atoms with Gasteiger partial charge in [0.2, 0.25) is 0 Å². The third-order valence-corrected chi connectivity index (χ3v) is 2.35. The average Bonchev–Trinajstić information content (AvgIpc) is 2.48. The van der Waals surface area contributed by atoms with E-state index in [0.29, 0.717) is 11.4 Å². The fraction of sp³-hybridized carbons (Fsp3) is 0.273. The summed E-state index contributed by atoms with van der Waals surface area (Å²) < 4.78 is 0. The molecule has 1 aromatic carbocycles. The molecular weight excluding hydrogens is 176 g/mol. The Morgan fingerprint density at radius 2 is 2.00 bits per heavy atom. The van der Waals surface area contributed by atoms with Crippen LogP contribution in [0, 0.1) is 0 Å². The second-order valence-electron chi connectivity index (χ2n) is 3.40. The fourth-order valence-corrected chi connectivity index (χ4v) is 1.36. The Morgan fingerprint density at radius 3 is 2.57 bits per heavy atom. The first-order valence-electron chi connectivity index (χ1n) is 4.60. The van der Waals surface area contributed by atoms with E-state index in [-0.39, 0.29) is 11.8 Å². The molecule has 0 amide bonds. The molecule has 2 rings (SSSR count). The van der Waals surface area contributed by atoms with Gasteiger partial charge in [-0.05, 0) is 26.0 Å². The molecule has 1 unspecified atom stereocenters. The molecule has 0 radical (unpaired) electrons. The lowest BCUT2D eigenvalue weighted by atomic mass is 10.2. The molecule has 0 spiro atoms. The number of aromatic hydroxyl groups is 1. The maximum absolute atomic E-state index is 9.59. The van der Waals surface area contributed by atoms with Gasteiger partial charge in [0.25, 0.3) is 0 Å². The van der Waals surface area contributed by atoms with Crippen molar-refractivity contribution in [3.8, 4) is 5.75 Å². The smallest absolute Gasteiger partial charge is 0.158 e. The summed E-state index contributed by atoms with van der Waals surface area (Å²) in [5, 5.41) is 9.59. The minimum absolute atomic E-state index is 0.129. The first-order valence-corrected chi connectivity index (χ1v) is 4.60. The molecule has 0 saturated heterocycles. The van der Waals surface area contributed by atoms with Crippen molar-refractivity contribution < 1.29 is 5.11 Å². The van der Waals surface area contributed by atoms with E-state index >= 15 is 0 Å². The zero-order valence-electron chi connectivity index (χ0n) is 8.23. The summed E-state index contributed by atoms with van der Waals surface area (Å²) >= 11 is 0. The van der Waals surface area contributed by atoms with Gasteiger partial charge < -0.3 is 5.11 Å². The van der Waals surface area contributed by atoms with Gasteiger partial charge in [-0.2, -0.15) is 0 Å². The molecule has 3 nitrogen and oxygen atoms in total. The van der Waals surface area contributed by atoms with Crippen molar-refractivity contribution in [1.29, 1.82) is 0 Å². The van der Waals surface area contributed by atoms with Crippen LogP contribution in [0.1, 0.15) is 19.4 Å². The topological polar surface area (TPSA) is 45.0 Å². The highest BCUT2D eigenvalue weighted by Crippen LogP contribution is 2.20. The zero-order valence-corrected chi connectivity index (χ0v) is 8.23. The molecule has 1 aliphatic rings. The molecule has 14 heavy (non-hydrogen) atoms. The monoisotopic (exact) mass is 188 g/mol. The summed E-state index contributed by atoms with van der Waals surface area (Å²) in [4.78, 5) is 8.66. The number of amidine groups is 1. The van der Waals surface area contributed by atoms with Crippen LogP contribution in [0.25, 0.3) is 0 Å². The Morgan fingerprint density at radius 1 is 1.29 bits per heavy atom. The first kappa shape index (κ1) is 8.94. The van der Waals surface area contributed by atoms with Crippen LogP contribution in [0.15, 0.2) is 34.3 Å². The van der Waals surface area contributed by atoms with Crippen molar-refractivity contribution in [2.45, 2.75) is 19.9 Å². The molecule has 0 saturated carbocycles. The van der Waals surface area contributed by atoms with Crippen molar-refractivity contribution >= 4 is 11.5 Å². The minimum Gasteiger partial charge on any atom is -0.507 e. The van der Waals surface area contributed by atoms with Crippen molar-refractivity contribution in [1.82, 2.24) is 0 Å². The fourth-order valence-electron chi connectivity index (χ4n) is 1.36. The van der Waals surface area contributed by atoms with Crippen LogP contribution < -0.4 is 0 Å². The number of hydrogen-bond acceptors (Lipinski definition) is 3. The third kappa shape index (κ3) is 1.41. The van der Waals surface area contributed by atoms with Gasteiger partial charge in [0.05, 0.1) is 11.6 Å². The number of aliphatic imine (C=N–C) groups is 2. The number of phenolic OH excluding ortho intramolecular Hbond substituents is 1. The highest BCUT2D eigenvalue weighted by Gasteiger charge is 2.17. The third-order valence-electron chi connectivity index (χ3n) is 2.35. The standard InChI is InChI=1S/C11H12N2O/c1-7-8(2)13-11(12-7)9-5-3-4-6-10(9)14/h3-7,14H,1-2H3. The van der Waals surface area contributed by atoms with Gasteiger partial charge in [-0.1, -0.05) is 12.1 Å². The number of hydrogen-bond donors (Lipinski definition) is 1. The summed E-state index contributed by atoms with van der Waals surface area (Å²) in [6.07, 6.45) is 0. The molecule has 1 N–H and O–H groups in total. The van der Waals surface area contributed by atoms with Crippen LogP contribution in [-0.4, -0.2) is 22.7 Å². The molecule has 3 heteroatoms. The first-order chi connectivity index (χ1) is 6.68. The highest BCUT2D eigenvalue weighted by atomic mass is 16.3. The molecule has 1 atom stereocenters. The molecule has 0 fully saturated rings. The summed E-state index contributed by atoms with van der Waals surface area (Å²) in [6, 6.07) is 7.25. The van der Waals surface area contributed by atoms with Crippen molar-refractivity contribution in [2.24, 2.45) is 9.98 Å². The summed E-state index contributed by atoms with van der Waals surface area (Å²) in [7, 11) is 0. The number of rotatable bonds is 1. The van der Waals surface area contributed by atoms with E-state index in [9.17, 15) is 5.11 Å². The molecule has 72 valence electrons. The molecule has 1 heterocycles. The highest BCUT2D eigenvalue weighted by molar-refractivity contribution is 6.13. The molecule has 0 aliphatic carbocycles. The summed E-state index contributed by atoms with van der Waals surface area (Å²) in [5.74, 6) is 0.866. The normalized spacial score (nSPS) is 20.6. The van der Waals surface area contributed by atoms with Crippen LogP contribution in [0.4, 0.5) is 0 Å². The van der Waals surface area contributed by atoms with Gasteiger partial charge >= 0.3 is 0 Å². The maximum Gasteiger partial charge on any atom is 0.158 e. The predicted octanol–water partition coefficient (Wildman–Crippen LogP) is 2.00. The summed E-state index contributed by atoms with van der Waals surface area (Å²) in [6.45, 7) is 3.94. The number of nitrogens with zero attached hydrogens (tertiary/aromatic N) is 2. The van der Waals surface area contributed by atoms with E-state index in [1.165, 1.54) is 0 Å². The van der Waals surface area contributed by atoms with Crippen LogP contribution >= 0.6 is 0 Å². The number of benzene rings is 1. The van der Waals surface area contributed by atoms with E-state index in [0.717, 1.165) is 5.71 Å². The van der Waals surface area contributed by atoms with E-state index in [1.54, 1.807) is 12.1 Å². The van der Waals surface area contributed by atoms with Crippen LogP contribution in [-0.2, 0) is 0 Å². The quantitative estimate of drug-likeness (QED) is 0.719. The lowest BCUT2D eigenvalue weighted by Crippen LogP contribution is -2.04. The Labute approximate surface area is 82.8 Å². The van der Waals surface area contributed by atoms with E-state index in [1.807, 2.05) is 26.0 Å². The second kappa shape index (κ2) is 3.25. The van der Waals surface area contributed by atoms with Gasteiger partial charge in [-0.3, -0.25) is 4.99 Å². The van der Waals surface area contributed by atoms with E-state index in [4.69, 9.17) is 0 Å². The van der Waals surface area contributed by atoms with Crippen molar-refractivity contribution in [2.75, 3.05) is 0 Å². The Bertz CT molecular complexity index is 421. The Balaban J connectivity index is 2.44. The van der Waals surface area contributed by atoms with Gasteiger partial charge in [0.15, 0.2) is 5.84 Å². The largest absolute Gasteiger partial charge is 0.507 e. The van der Waals surface area contributed by atoms with Crippen molar-refractivity contribution in [3.05, 3.63) is 29.8 Å². The van der Waals surface area contributed by atoms with E-state index in [2.05, 4.69) is 9.98 Å². The van der Waals surface area contributed by atoms with Crippen LogP contribution in [0.5, 0.6) is 5.75 Å². The van der Waals surface area contributed by atoms with Crippen LogP contribution in [0.2, 0.25) is 0 Å². The Hall–Kier alpha value is -1.64. The summed E-state index contributed by atoms with van der Waals surface area (Å²) in [5.41, 5.74) is 1.69. The van der Waals surface area contributed by atoms with Crippen LogP contribution in [0.3, 0.4) is 0 Å². The molecule has 1 aliphatic heterocycles. The number of phenols is 1. The minimum atomic E-state index is 0.129. The van der Waals surface area contributed by atoms with Gasteiger partial charge in [-0.25, -0.2) is 4.99 Å². The number of para-hydroxylation sites is 1. The second-order valence-corrected chi connectivity index (χ2v) is 3.40. The average molecular weight is 188 g/mol. The van der Waals surface area contributed by atoms with Gasteiger partial charge in [-0.15, -0.1) is 0 Å². The van der Waals surface area contributed by atoms with E-state index < -0.39 is 0 Å². The SMILES string of the molecule is CC1=NC(c2ccccc2O)=NC1C. The van der Waals surface area contributed by atoms with Gasteiger partial charge in [0.1, 0.15) is 5.75 Å². The molecule has 1 aromatic rings. The molecular formula is C11H12N2O. The maximum atomic E-state index is 9.59. The zero-order chi connectivity index (χ0) is 10.1. The van der Waals surface area contributed by atoms with Crippen molar-refractivity contribution in [3.63, 3.8) is 0 Å². The lowest BCUT2D eigenvalue weighted by Gasteiger charge is -2.00.